The summed E-state index contributed by atoms with van der Waals surface area (Å²) in [5.41, 5.74) is 19.1. The maximum atomic E-state index is 6.46. The molecule has 0 amide bonds. The average Bonchev–Trinajstić information content (AvgIpc) is 3.79. The Morgan fingerprint density at radius 2 is 0.697 bits per heavy atom. The minimum absolute atomic E-state index is 0.901. The van der Waals surface area contributed by atoms with Crippen molar-refractivity contribution in [1.82, 2.24) is 0 Å². The molecule has 12 aromatic rings. The number of furan rings is 1. The van der Waals surface area contributed by atoms with Gasteiger partial charge in [0.25, 0.3) is 0 Å². The van der Waals surface area contributed by atoms with Gasteiger partial charge in [-0.2, -0.15) is 0 Å². The van der Waals surface area contributed by atoms with Crippen LogP contribution in [0.15, 0.2) is 265 Å². The fourth-order valence-electron chi connectivity index (χ4n) is 9.69. The Labute approximate surface area is 384 Å². The summed E-state index contributed by atoms with van der Waals surface area (Å²) in [6.45, 7) is 0. The summed E-state index contributed by atoms with van der Waals surface area (Å²) in [6.07, 6.45) is 0. The highest BCUT2D eigenvalue weighted by Crippen LogP contribution is 2.45. The molecule has 310 valence electrons. The fourth-order valence-corrected chi connectivity index (χ4v) is 9.69. The quantitative estimate of drug-likeness (QED) is 0.144. The van der Waals surface area contributed by atoms with Crippen LogP contribution in [-0.4, -0.2) is 0 Å². The molecule has 66 heavy (non-hydrogen) atoms. The van der Waals surface area contributed by atoms with Crippen LogP contribution in [0.1, 0.15) is 0 Å². The van der Waals surface area contributed by atoms with Gasteiger partial charge in [0.1, 0.15) is 11.2 Å². The summed E-state index contributed by atoms with van der Waals surface area (Å²) in [4.78, 5) is 2.35. The van der Waals surface area contributed by atoms with Gasteiger partial charge in [0.05, 0.1) is 0 Å². The lowest BCUT2D eigenvalue weighted by Crippen LogP contribution is -2.09. The van der Waals surface area contributed by atoms with Gasteiger partial charge in [-0.25, -0.2) is 0 Å². The molecule has 0 aliphatic heterocycles. The van der Waals surface area contributed by atoms with Crippen LogP contribution in [0.5, 0.6) is 0 Å². The molecule has 12 rings (SSSR count). The lowest BCUT2D eigenvalue weighted by atomic mass is 9.84. The van der Waals surface area contributed by atoms with Crippen molar-refractivity contribution < 1.29 is 4.42 Å². The Morgan fingerprint density at radius 1 is 0.258 bits per heavy atom. The molecule has 0 aliphatic rings. The number of fused-ring (bicyclic) bond motifs is 4. The molecule has 0 saturated heterocycles. The first-order chi connectivity index (χ1) is 32.7. The number of para-hydroxylation sites is 2. The van der Waals surface area contributed by atoms with Gasteiger partial charge >= 0.3 is 0 Å². The Hall–Kier alpha value is -8.72. The average molecular weight is 842 g/mol. The van der Waals surface area contributed by atoms with Crippen molar-refractivity contribution in [2.45, 2.75) is 0 Å². The largest absolute Gasteiger partial charge is 0.455 e. The standard InChI is InChI=1S/C64H43NO/c1-3-16-46(17-4-1)55-21-9-10-23-60(55)63-56(47-18-5-2-6-19-47)24-13-25-57(63)48-33-39-53(40-34-48)65(52-37-31-45(32-38-52)51-30-29-44-15-7-8-20-50(44)43-51)54-41-35-49(36-42-54)58-26-14-27-61-59-22-11-12-28-62(59)66-64(58)61/h1-43H. The van der Waals surface area contributed by atoms with E-state index < -0.39 is 0 Å². The smallest absolute Gasteiger partial charge is 0.143 e. The molecule has 0 spiro atoms. The molecule has 1 heterocycles. The number of hydrogen-bond acceptors (Lipinski definition) is 2. The topological polar surface area (TPSA) is 16.4 Å². The highest BCUT2D eigenvalue weighted by atomic mass is 16.3. The van der Waals surface area contributed by atoms with Crippen molar-refractivity contribution in [1.29, 1.82) is 0 Å². The SMILES string of the molecule is c1ccc(-c2ccccc2-c2c(-c3ccccc3)cccc2-c2ccc(N(c3ccc(-c4ccc5ccccc5c4)cc3)c3ccc(-c4cccc5c4oc4ccccc45)cc3)cc2)cc1. The summed E-state index contributed by atoms with van der Waals surface area (Å²) >= 11 is 0. The zero-order valence-electron chi connectivity index (χ0n) is 36.2. The molecule has 0 unspecified atom stereocenters. The third-order valence-corrected chi connectivity index (χ3v) is 12.9. The molecule has 2 heteroatoms. The second-order valence-corrected chi connectivity index (χ2v) is 16.8. The van der Waals surface area contributed by atoms with Crippen LogP contribution in [0.25, 0.3) is 99.5 Å². The predicted octanol–water partition coefficient (Wildman–Crippen LogP) is 18.2. The van der Waals surface area contributed by atoms with Crippen LogP contribution in [0.4, 0.5) is 17.1 Å². The first-order valence-electron chi connectivity index (χ1n) is 22.6. The van der Waals surface area contributed by atoms with E-state index in [0.717, 1.165) is 55.7 Å². The van der Waals surface area contributed by atoms with Crippen LogP contribution in [-0.2, 0) is 0 Å². The van der Waals surface area contributed by atoms with E-state index in [1.807, 2.05) is 12.1 Å². The van der Waals surface area contributed by atoms with Crippen LogP contribution >= 0.6 is 0 Å². The zero-order valence-corrected chi connectivity index (χ0v) is 36.2. The minimum atomic E-state index is 0.901. The third kappa shape index (κ3) is 7.12. The Balaban J connectivity index is 0.969. The van der Waals surface area contributed by atoms with Crippen molar-refractivity contribution in [3.05, 3.63) is 261 Å². The molecule has 2 nitrogen and oxygen atoms in total. The Morgan fingerprint density at radius 3 is 1.36 bits per heavy atom. The molecule has 11 aromatic carbocycles. The van der Waals surface area contributed by atoms with Crippen molar-refractivity contribution in [2.24, 2.45) is 0 Å². The molecule has 0 bridgehead atoms. The van der Waals surface area contributed by atoms with E-state index in [-0.39, 0.29) is 0 Å². The van der Waals surface area contributed by atoms with Crippen molar-refractivity contribution in [2.75, 3.05) is 4.90 Å². The van der Waals surface area contributed by atoms with Crippen LogP contribution in [0.3, 0.4) is 0 Å². The predicted molar refractivity (Wildman–Crippen MR) is 279 cm³/mol. The second kappa shape index (κ2) is 16.8. The van der Waals surface area contributed by atoms with E-state index in [1.54, 1.807) is 0 Å². The van der Waals surface area contributed by atoms with Gasteiger partial charge in [0.2, 0.25) is 0 Å². The van der Waals surface area contributed by atoms with Gasteiger partial charge in [-0.15, -0.1) is 0 Å². The first kappa shape index (κ1) is 38.9. The maximum Gasteiger partial charge on any atom is 0.143 e. The third-order valence-electron chi connectivity index (χ3n) is 12.9. The number of hydrogen-bond donors (Lipinski definition) is 0. The molecular formula is C64H43NO. The number of nitrogens with zero attached hydrogens (tertiary/aromatic N) is 1. The molecule has 0 radical (unpaired) electrons. The Kier molecular flexibility index (Phi) is 9.89. The van der Waals surface area contributed by atoms with Gasteiger partial charge in [0.15, 0.2) is 0 Å². The van der Waals surface area contributed by atoms with Gasteiger partial charge in [-0.05, 0) is 121 Å². The highest BCUT2D eigenvalue weighted by Gasteiger charge is 2.20. The highest BCUT2D eigenvalue weighted by molar-refractivity contribution is 6.09. The molecular weight excluding hydrogens is 799 g/mol. The lowest BCUT2D eigenvalue weighted by molar-refractivity contribution is 0.670. The molecule has 0 saturated carbocycles. The summed E-state index contributed by atoms with van der Waals surface area (Å²) < 4.78 is 6.46. The summed E-state index contributed by atoms with van der Waals surface area (Å²) in [5, 5.41) is 4.74. The Bertz CT molecular complexity index is 3660. The number of rotatable bonds is 9. The van der Waals surface area contributed by atoms with E-state index in [9.17, 15) is 0 Å². The molecule has 0 N–H and O–H groups in total. The molecule has 1 aromatic heterocycles. The molecule has 0 aliphatic carbocycles. The lowest BCUT2D eigenvalue weighted by Gasteiger charge is -2.26. The van der Waals surface area contributed by atoms with E-state index in [2.05, 4.69) is 254 Å². The van der Waals surface area contributed by atoms with Gasteiger partial charge in [-0.3, -0.25) is 0 Å². The minimum Gasteiger partial charge on any atom is -0.455 e. The van der Waals surface area contributed by atoms with E-state index in [4.69, 9.17) is 4.42 Å². The van der Waals surface area contributed by atoms with Gasteiger partial charge < -0.3 is 9.32 Å². The second-order valence-electron chi connectivity index (χ2n) is 16.8. The maximum absolute atomic E-state index is 6.46. The monoisotopic (exact) mass is 841 g/mol. The van der Waals surface area contributed by atoms with Gasteiger partial charge in [-0.1, -0.05) is 212 Å². The summed E-state index contributed by atoms with van der Waals surface area (Å²) in [6, 6.07) is 93.9. The first-order valence-corrected chi connectivity index (χ1v) is 22.6. The zero-order chi connectivity index (χ0) is 43.8. The number of benzene rings is 11. The van der Waals surface area contributed by atoms with Crippen LogP contribution in [0.2, 0.25) is 0 Å². The summed E-state index contributed by atoms with van der Waals surface area (Å²) in [5.74, 6) is 0. The summed E-state index contributed by atoms with van der Waals surface area (Å²) in [7, 11) is 0. The fraction of sp³-hybridized carbons (Fsp3) is 0. The van der Waals surface area contributed by atoms with Crippen LogP contribution < -0.4 is 4.90 Å². The van der Waals surface area contributed by atoms with Crippen LogP contribution in [0, 0.1) is 0 Å². The molecule has 0 fully saturated rings. The van der Waals surface area contributed by atoms with E-state index in [1.165, 1.54) is 60.8 Å². The number of anilines is 3. The van der Waals surface area contributed by atoms with Crippen molar-refractivity contribution in [3.63, 3.8) is 0 Å². The van der Waals surface area contributed by atoms with E-state index in [0.29, 0.717) is 0 Å². The van der Waals surface area contributed by atoms with Crippen molar-refractivity contribution >= 4 is 49.8 Å². The normalized spacial score (nSPS) is 11.3. The van der Waals surface area contributed by atoms with E-state index >= 15 is 0 Å². The van der Waals surface area contributed by atoms with Gasteiger partial charge in [0, 0.05) is 33.4 Å². The van der Waals surface area contributed by atoms with Crippen molar-refractivity contribution in [3.8, 4) is 66.8 Å². The molecule has 0 atom stereocenters.